The van der Waals surface area contributed by atoms with Crippen LogP contribution in [-0.4, -0.2) is 53.4 Å². The number of methoxy groups -OCH3 is 2. The van der Waals surface area contributed by atoms with Crippen molar-refractivity contribution in [3.63, 3.8) is 0 Å². The fourth-order valence-electron chi connectivity index (χ4n) is 3.07. The Labute approximate surface area is 136 Å². The van der Waals surface area contributed by atoms with Crippen molar-refractivity contribution in [3.05, 3.63) is 30.6 Å². The summed E-state index contributed by atoms with van der Waals surface area (Å²) in [4.78, 5) is 15.3. The Morgan fingerprint density at radius 2 is 2.17 bits per heavy atom. The minimum absolute atomic E-state index is 0.400. The molecular weight excluding hydrogens is 294 g/mol. The number of imidazole rings is 1. The average molecular weight is 317 g/mol. The number of nitrogens with zero attached hydrogens (tertiary/aromatic N) is 5. The van der Waals surface area contributed by atoms with Crippen LogP contribution in [0.5, 0.6) is 5.88 Å². The van der Waals surface area contributed by atoms with Crippen LogP contribution in [0.1, 0.15) is 24.6 Å². The van der Waals surface area contributed by atoms with E-state index in [4.69, 9.17) is 9.47 Å². The molecule has 3 heterocycles. The molecule has 23 heavy (non-hydrogen) atoms. The Morgan fingerprint density at radius 3 is 3.00 bits per heavy atom. The summed E-state index contributed by atoms with van der Waals surface area (Å²) in [7, 11) is 3.35. The smallest absolute Gasteiger partial charge is 0.218 e. The van der Waals surface area contributed by atoms with Gasteiger partial charge in [-0.3, -0.25) is 0 Å². The van der Waals surface area contributed by atoms with Crippen molar-refractivity contribution in [1.29, 1.82) is 0 Å². The lowest BCUT2D eigenvalue weighted by atomic mass is 9.97. The largest absolute Gasteiger partial charge is 0.481 e. The highest BCUT2D eigenvalue weighted by Gasteiger charge is 2.25. The normalized spacial score (nSPS) is 18.2. The zero-order valence-electron chi connectivity index (χ0n) is 13.7. The van der Waals surface area contributed by atoms with Gasteiger partial charge in [0.15, 0.2) is 0 Å². The first-order chi connectivity index (χ1) is 11.3. The van der Waals surface area contributed by atoms with E-state index in [0.29, 0.717) is 18.4 Å². The molecule has 7 nitrogen and oxygen atoms in total. The second kappa shape index (κ2) is 7.41. The van der Waals surface area contributed by atoms with E-state index in [9.17, 15) is 0 Å². The summed E-state index contributed by atoms with van der Waals surface area (Å²) in [6, 6.07) is 1.89. The topological polar surface area (TPSA) is 65.3 Å². The van der Waals surface area contributed by atoms with Crippen LogP contribution in [0.15, 0.2) is 24.8 Å². The Kier molecular flexibility index (Phi) is 5.07. The molecule has 2 aromatic heterocycles. The fraction of sp³-hybridized carbons (Fsp3) is 0.562. The summed E-state index contributed by atoms with van der Waals surface area (Å²) < 4.78 is 12.6. The molecule has 124 valence electrons. The first kappa shape index (κ1) is 15.7. The fourth-order valence-corrected chi connectivity index (χ4v) is 3.07. The average Bonchev–Trinajstić information content (AvgIpc) is 3.08. The molecule has 0 saturated carbocycles. The third-order valence-electron chi connectivity index (χ3n) is 4.23. The van der Waals surface area contributed by atoms with Gasteiger partial charge in [0, 0.05) is 51.1 Å². The highest BCUT2D eigenvalue weighted by atomic mass is 16.5. The highest BCUT2D eigenvalue weighted by Crippen LogP contribution is 2.29. The first-order valence-electron chi connectivity index (χ1n) is 7.92. The molecule has 3 rings (SSSR count). The van der Waals surface area contributed by atoms with E-state index < -0.39 is 0 Å². The van der Waals surface area contributed by atoms with Crippen molar-refractivity contribution in [2.24, 2.45) is 0 Å². The molecule has 0 bridgehead atoms. The summed E-state index contributed by atoms with van der Waals surface area (Å²) in [6.45, 7) is 3.44. The molecule has 1 aliphatic rings. The summed E-state index contributed by atoms with van der Waals surface area (Å²) in [5.74, 6) is 3.04. The zero-order chi connectivity index (χ0) is 16.1. The minimum Gasteiger partial charge on any atom is -0.481 e. The molecule has 2 aromatic rings. The number of aromatic nitrogens is 4. The number of rotatable bonds is 6. The Morgan fingerprint density at radius 1 is 1.26 bits per heavy atom. The van der Waals surface area contributed by atoms with Gasteiger partial charge in [-0.15, -0.1) is 0 Å². The molecule has 1 fully saturated rings. The Hall–Kier alpha value is -2.15. The van der Waals surface area contributed by atoms with Gasteiger partial charge in [0.2, 0.25) is 5.88 Å². The second-order valence-electron chi connectivity index (χ2n) is 5.68. The second-order valence-corrected chi connectivity index (χ2v) is 5.68. The van der Waals surface area contributed by atoms with Gasteiger partial charge < -0.3 is 18.9 Å². The maximum absolute atomic E-state index is 5.20. The molecule has 1 aliphatic heterocycles. The number of ether oxygens (including phenoxy) is 2. The van der Waals surface area contributed by atoms with Crippen molar-refractivity contribution >= 4 is 5.82 Å². The standard InChI is InChI=1S/C16H23N5O2/c1-22-9-8-20-7-5-17-16(20)13-4-3-6-21(11-13)14-10-15(23-2)19-12-18-14/h5,7,10,12-13H,3-4,6,8-9,11H2,1-2H3/t13-/m0/s1. The van der Waals surface area contributed by atoms with E-state index in [-0.39, 0.29) is 0 Å². The van der Waals surface area contributed by atoms with Crippen LogP contribution < -0.4 is 9.64 Å². The van der Waals surface area contributed by atoms with Crippen LogP contribution in [0.25, 0.3) is 0 Å². The molecule has 1 atom stereocenters. The number of anilines is 1. The van der Waals surface area contributed by atoms with E-state index in [1.165, 1.54) is 0 Å². The monoisotopic (exact) mass is 317 g/mol. The van der Waals surface area contributed by atoms with Crippen molar-refractivity contribution in [2.75, 3.05) is 38.8 Å². The lowest BCUT2D eigenvalue weighted by Gasteiger charge is -2.33. The van der Waals surface area contributed by atoms with E-state index in [2.05, 4.69) is 24.4 Å². The highest BCUT2D eigenvalue weighted by molar-refractivity contribution is 5.41. The molecule has 0 radical (unpaired) electrons. The molecule has 0 amide bonds. The summed E-state index contributed by atoms with van der Waals surface area (Å²) in [6.07, 6.45) is 7.72. The van der Waals surface area contributed by atoms with E-state index >= 15 is 0 Å². The van der Waals surface area contributed by atoms with E-state index in [1.807, 2.05) is 18.5 Å². The van der Waals surface area contributed by atoms with Crippen molar-refractivity contribution in [3.8, 4) is 5.88 Å². The third kappa shape index (κ3) is 3.61. The van der Waals surface area contributed by atoms with Crippen LogP contribution in [0.4, 0.5) is 5.82 Å². The molecule has 1 saturated heterocycles. The Balaban J connectivity index is 1.74. The van der Waals surface area contributed by atoms with E-state index in [1.54, 1.807) is 20.5 Å². The van der Waals surface area contributed by atoms with Gasteiger partial charge in [0.25, 0.3) is 0 Å². The van der Waals surface area contributed by atoms with Gasteiger partial charge >= 0.3 is 0 Å². The summed E-state index contributed by atoms with van der Waals surface area (Å²) >= 11 is 0. The van der Waals surface area contributed by atoms with Crippen LogP contribution in [0.2, 0.25) is 0 Å². The molecule has 0 unspecified atom stereocenters. The molecule has 0 aromatic carbocycles. The van der Waals surface area contributed by atoms with E-state index in [0.717, 1.165) is 44.1 Å². The zero-order valence-corrected chi connectivity index (χ0v) is 13.7. The van der Waals surface area contributed by atoms with Crippen molar-refractivity contribution < 1.29 is 9.47 Å². The van der Waals surface area contributed by atoms with Gasteiger partial charge in [0.05, 0.1) is 13.7 Å². The number of hydrogen-bond acceptors (Lipinski definition) is 6. The minimum atomic E-state index is 0.400. The van der Waals surface area contributed by atoms with Gasteiger partial charge in [-0.05, 0) is 12.8 Å². The lowest BCUT2D eigenvalue weighted by Crippen LogP contribution is -2.36. The lowest BCUT2D eigenvalue weighted by molar-refractivity contribution is 0.185. The SMILES string of the molecule is COCCn1ccnc1[C@H]1CCCN(c2cc(OC)ncn2)C1. The van der Waals surface area contributed by atoms with Crippen LogP contribution in [0, 0.1) is 0 Å². The maximum Gasteiger partial charge on any atom is 0.218 e. The number of piperidine rings is 1. The predicted octanol–water partition coefficient (Wildman–Crippen LogP) is 1.71. The quantitative estimate of drug-likeness (QED) is 0.808. The van der Waals surface area contributed by atoms with Gasteiger partial charge in [0.1, 0.15) is 18.0 Å². The van der Waals surface area contributed by atoms with Gasteiger partial charge in [-0.1, -0.05) is 0 Å². The maximum atomic E-state index is 5.20. The molecular formula is C16H23N5O2. The van der Waals surface area contributed by atoms with Gasteiger partial charge in [-0.25, -0.2) is 15.0 Å². The van der Waals surface area contributed by atoms with Crippen LogP contribution in [0.3, 0.4) is 0 Å². The predicted molar refractivity (Wildman–Crippen MR) is 86.9 cm³/mol. The van der Waals surface area contributed by atoms with Crippen molar-refractivity contribution in [2.45, 2.75) is 25.3 Å². The number of hydrogen-bond donors (Lipinski definition) is 0. The van der Waals surface area contributed by atoms with Crippen LogP contribution in [-0.2, 0) is 11.3 Å². The first-order valence-corrected chi connectivity index (χ1v) is 7.92. The summed E-state index contributed by atoms with van der Waals surface area (Å²) in [5.41, 5.74) is 0. The third-order valence-corrected chi connectivity index (χ3v) is 4.23. The molecule has 0 aliphatic carbocycles. The van der Waals surface area contributed by atoms with Crippen molar-refractivity contribution in [1.82, 2.24) is 19.5 Å². The molecule has 0 spiro atoms. The van der Waals surface area contributed by atoms with Crippen LogP contribution >= 0.6 is 0 Å². The Bertz CT molecular complexity index is 630. The summed E-state index contributed by atoms with van der Waals surface area (Å²) in [5, 5.41) is 0. The molecule has 7 heteroatoms. The van der Waals surface area contributed by atoms with Gasteiger partial charge in [-0.2, -0.15) is 0 Å². The molecule has 0 N–H and O–H groups in total.